The van der Waals surface area contributed by atoms with Crippen molar-refractivity contribution in [3.8, 4) is 0 Å². The van der Waals surface area contributed by atoms with Crippen molar-refractivity contribution in [3.05, 3.63) is 30.1 Å². The number of piperidine rings is 1. The van der Waals surface area contributed by atoms with E-state index in [0.717, 1.165) is 18.6 Å². The Morgan fingerprint density at radius 1 is 1.19 bits per heavy atom. The third kappa shape index (κ3) is 1.96. The van der Waals surface area contributed by atoms with Gasteiger partial charge in [0.05, 0.1) is 0 Å². The summed E-state index contributed by atoms with van der Waals surface area (Å²) in [6.45, 7) is 1.07. The van der Waals surface area contributed by atoms with Crippen LogP contribution in [0.3, 0.4) is 0 Å². The van der Waals surface area contributed by atoms with Crippen LogP contribution in [0.2, 0.25) is 0 Å². The van der Waals surface area contributed by atoms with E-state index >= 15 is 0 Å². The van der Waals surface area contributed by atoms with Crippen molar-refractivity contribution in [1.82, 2.24) is 9.88 Å². The first-order valence-electron chi connectivity index (χ1n) is 6.11. The monoisotopic (exact) mass is 236 g/mol. The summed E-state index contributed by atoms with van der Waals surface area (Å²) in [5.41, 5.74) is 1.37. The van der Waals surface area contributed by atoms with Gasteiger partial charge in [0, 0.05) is 36.4 Å². The minimum Gasteiger partial charge on any atom is -0.293 e. The van der Waals surface area contributed by atoms with Crippen LogP contribution in [0.4, 0.5) is 0 Å². The van der Waals surface area contributed by atoms with Crippen LogP contribution in [-0.4, -0.2) is 27.3 Å². The molecule has 0 spiro atoms. The Bertz CT molecular complexity index is 340. The SMILES string of the molecule is ClC1CC2CCC(C1)N2Cc1ccncc1. The fraction of sp³-hybridized carbons (Fsp3) is 0.615. The van der Waals surface area contributed by atoms with E-state index in [1.54, 1.807) is 0 Å². The summed E-state index contributed by atoms with van der Waals surface area (Å²) >= 11 is 6.28. The predicted octanol–water partition coefficient (Wildman–Crippen LogP) is 2.82. The van der Waals surface area contributed by atoms with Crippen LogP contribution >= 0.6 is 11.6 Å². The van der Waals surface area contributed by atoms with Crippen LogP contribution in [-0.2, 0) is 6.54 Å². The van der Waals surface area contributed by atoms with Gasteiger partial charge in [0.15, 0.2) is 0 Å². The molecular formula is C13H17ClN2. The molecule has 2 unspecified atom stereocenters. The Labute approximate surface area is 102 Å². The van der Waals surface area contributed by atoms with Gasteiger partial charge in [-0.25, -0.2) is 0 Å². The molecule has 0 radical (unpaired) electrons. The van der Waals surface area contributed by atoms with E-state index in [2.05, 4.69) is 22.0 Å². The summed E-state index contributed by atoms with van der Waals surface area (Å²) < 4.78 is 0. The number of rotatable bonds is 2. The number of pyridine rings is 1. The maximum Gasteiger partial charge on any atom is 0.0365 e. The zero-order valence-electron chi connectivity index (χ0n) is 9.35. The highest BCUT2D eigenvalue weighted by atomic mass is 35.5. The molecule has 3 rings (SSSR count). The third-order valence-electron chi connectivity index (χ3n) is 3.94. The van der Waals surface area contributed by atoms with Gasteiger partial charge < -0.3 is 0 Å². The van der Waals surface area contributed by atoms with Crippen LogP contribution in [0.1, 0.15) is 31.2 Å². The molecule has 0 aliphatic carbocycles. The van der Waals surface area contributed by atoms with Crippen molar-refractivity contribution in [2.75, 3.05) is 0 Å². The van der Waals surface area contributed by atoms with Gasteiger partial charge in [-0.1, -0.05) is 0 Å². The van der Waals surface area contributed by atoms with Crippen LogP contribution in [0.15, 0.2) is 24.5 Å². The molecule has 0 amide bonds. The standard InChI is InChI=1S/C13H17ClN2/c14-11-7-12-1-2-13(8-11)16(12)9-10-3-5-15-6-4-10/h3-6,11-13H,1-2,7-9H2. The zero-order valence-corrected chi connectivity index (χ0v) is 10.1. The van der Waals surface area contributed by atoms with Gasteiger partial charge in [-0.3, -0.25) is 9.88 Å². The number of aromatic nitrogens is 1. The Morgan fingerprint density at radius 3 is 2.44 bits per heavy atom. The van der Waals surface area contributed by atoms with Gasteiger partial charge in [-0.15, -0.1) is 11.6 Å². The lowest BCUT2D eigenvalue weighted by Gasteiger charge is -2.36. The molecule has 2 saturated heterocycles. The van der Waals surface area contributed by atoms with E-state index in [1.165, 1.54) is 31.2 Å². The van der Waals surface area contributed by atoms with Gasteiger partial charge in [0.1, 0.15) is 0 Å². The summed E-state index contributed by atoms with van der Waals surface area (Å²) in [7, 11) is 0. The topological polar surface area (TPSA) is 16.1 Å². The molecule has 16 heavy (non-hydrogen) atoms. The first-order valence-corrected chi connectivity index (χ1v) is 6.55. The van der Waals surface area contributed by atoms with Gasteiger partial charge in [-0.2, -0.15) is 0 Å². The molecule has 1 aromatic rings. The smallest absolute Gasteiger partial charge is 0.0365 e. The van der Waals surface area contributed by atoms with Crippen LogP contribution in [0, 0.1) is 0 Å². The molecule has 3 heterocycles. The first kappa shape index (κ1) is 10.5. The zero-order chi connectivity index (χ0) is 11.0. The highest BCUT2D eigenvalue weighted by Crippen LogP contribution is 2.38. The van der Waals surface area contributed by atoms with Gasteiger partial charge in [-0.05, 0) is 43.4 Å². The molecule has 0 N–H and O–H groups in total. The lowest BCUT2D eigenvalue weighted by Crippen LogP contribution is -2.42. The fourth-order valence-electron chi connectivity index (χ4n) is 3.16. The number of nitrogens with zero attached hydrogens (tertiary/aromatic N) is 2. The number of alkyl halides is 1. The molecule has 86 valence electrons. The molecule has 2 bridgehead atoms. The Kier molecular flexibility index (Phi) is 2.86. The molecular weight excluding hydrogens is 220 g/mol. The highest BCUT2D eigenvalue weighted by molar-refractivity contribution is 6.20. The van der Waals surface area contributed by atoms with E-state index in [4.69, 9.17) is 11.6 Å². The van der Waals surface area contributed by atoms with Crippen molar-refractivity contribution in [2.45, 2.75) is 49.7 Å². The minimum atomic E-state index is 0.409. The highest BCUT2D eigenvalue weighted by Gasteiger charge is 2.39. The van der Waals surface area contributed by atoms with Gasteiger partial charge in [0.2, 0.25) is 0 Å². The van der Waals surface area contributed by atoms with E-state index in [1.807, 2.05) is 12.4 Å². The second-order valence-electron chi connectivity index (χ2n) is 4.98. The molecule has 2 nitrogen and oxygen atoms in total. The molecule has 2 atom stereocenters. The van der Waals surface area contributed by atoms with Crippen LogP contribution in [0.5, 0.6) is 0 Å². The first-order chi connectivity index (χ1) is 7.83. The number of halogens is 1. The van der Waals surface area contributed by atoms with E-state index in [0.29, 0.717) is 5.38 Å². The van der Waals surface area contributed by atoms with Crippen LogP contribution in [0.25, 0.3) is 0 Å². The number of fused-ring (bicyclic) bond motifs is 2. The van der Waals surface area contributed by atoms with E-state index in [-0.39, 0.29) is 0 Å². The molecule has 3 heteroatoms. The maximum atomic E-state index is 6.28. The molecule has 1 aromatic heterocycles. The normalized spacial score (nSPS) is 34.2. The number of hydrogen-bond acceptors (Lipinski definition) is 2. The maximum absolute atomic E-state index is 6.28. The van der Waals surface area contributed by atoms with Crippen molar-refractivity contribution < 1.29 is 0 Å². The predicted molar refractivity (Wildman–Crippen MR) is 65.5 cm³/mol. The Hall–Kier alpha value is -0.600. The van der Waals surface area contributed by atoms with Crippen molar-refractivity contribution >= 4 is 11.6 Å². The Balaban J connectivity index is 1.72. The van der Waals surface area contributed by atoms with Crippen LogP contribution < -0.4 is 0 Å². The third-order valence-corrected chi connectivity index (χ3v) is 4.30. The summed E-state index contributed by atoms with van der Waals surface area (Å²) in [4.78, 5) is 6.71. The Morgan fingerprint density at radius 2 is 1.81 bits per heavy atom. The van der Waals surface area contributed by atoms with Gasteiger partial charge in [0.25, 0.3) is 0 Å². The largest absolute Gasteiger partial charge is 0.293 e. The second-order valence-corrected chi connectivity index (χ2v) is 5.60. The minimum absolute atomic E-state index is 0.409. The summed E-state index contributed by atoms with van der Waals surface area (Å²) in [6.07, 6.45) is 8.77. The molecule has 0 saturated carbocycles. The second kappa shape index (κ2) is 4.34. The van der Waals surface area contributed by atoms with Crippen molar-refractivity contribution in [2.24, 2.45) is 0 Å². The summed E-state index contributed by atoms with van der Waals surface area (Å²) in [5.74, 6) is 0. The number of hydrogen-bond donors (Lipinski definition) is 0. The van der Waals surface area contributed by atoms with Gasteiger partial charge >= 0.3 is 0 Å². The summed E-state index contributed by atoms with van der Waals surface area (Å²) in [6, 6.07) is 5.67. The molecule has 2 aliphatic heterocycles. The lowest BCUT2D eigenvalue weighted by molar-refractivity contribution is 0.134. The van der Waals surface area contributed by atoms with E-state index in [9.17, 15) is 0 Å². The average Bonchev–Trinajstić information content (AvgIpc) is 2.54. The van der Waals surface area contributed by atoms with E-state index < -0.39 is 0 Å². The lowest BCUT2D eigenvalue weighted by atomic mass is 10.0. The molecule has 0 aromatic carbocycles. The quantitative estimate of drug-likeness (QED) is 0.735. The van der Waals surface area contributed by atoms with Crippen molar-refractivity contribution in [3.63, 3.8) is 0 Å². The molecule has 2 fully saturated rings. The molecule has 2 aliphatic rings. The fourth-order valence-corrected chi connectivity index (χ4v) is 3.58. The van der Waals surface area contributed by atoms with Crippen molar-refractivity contribution in [1.29, 1.82) is 0 Å². The average molecular weight is 237 g/mol. The summed E-state index contributed by atoms with van der Waals surface area (Å²) in [5, 5.41) is 0.409.